The van der Waals surface area contributed by atoms with E-state index < -0.39 is 29.8 Å². The van der Waals surface area contributed by atoms with Gasteiger partial charge in [0.1, 0.15) is 11.9 Å². The van der Waals surface area contributed by atoms with E-state index in [1.807, 2.05) is 0 Å². The number of hydrogen-bond acceptors (Lipinski definition) is 4. The van der Waals surface area contributed by atoms with Crippen LogP contribution in [0.15, 0.2) is 24.0 Å². The van der Waals surface area contributed by atoms with Gasteiger partial charge in [-0.25, -0.2) is 4.39 Å². The maximum atomic E-state index is 15.0. The van der Waals surface area contributed by atoms with Gasteiger partial charge in [0.05, 0.1) is 18.6 Å². The highest BCUT2D eigenvalue weighted by atomic mass is 19.4. The Hall–Kier alpha value is -1.57. The monoisotopic (exact) mass is 450 g/mol. The van der Waals surface area contributed by atoms with Crippen LogP contribution in [0.3, 0.4) is 0 Å². The number of aliphatic hydroxyl groups is 1. The third kappa shape index (κ3) is 6.02. The second-order valence-corrected chi connectivity index (χ2v) is 8.80. The number of methoxy groups -OCH3 is 1. The molecule has 0 bridgehead atoms. The van der Waals surface area contributed by atoms with Gasteiger partial charge in [0.25, 0.3) is 0 Å². The van der Waals surface area contributed by atoms with Crippen LogP contribution in [0.2, 0.25) is 0 Å². The molecule has 31 heavy (non-hydrogen) atoms. The standard InChI is InChI=1S/C23H34F4O4/c1-4-5-14-22(2,23(25,26)27)18(28)13-11-15-10-12-16-20(15)21(24)17(31-16)8-6-7-9-19(29)30-3/h8,11,13,15-16,18,20-21,28H,4-7,9-10,12,14H2,1-3H3/b13-11+,17-8-/t15-,16-,18-,20-,21?,22?/m1/s1. The fourth-order valence-corrected chi connectivity index (χ4v) is 4.43. The molecule has 1 aliphatic heterocycles. The number of carbonyl (C=O) groups is 1. The zero-order valence-corrected chi connectivity index (χ0v) is 18.5. The lowest BCUT2D eigenvalue weighted by Gasteiger charge is -2.35. The minimum absolute atomic E-state index is 0.164. The summed E-state index contributed by atoms with van der Waals surface area (Å²) >= 11 is 0. The summed E-state index contributed by atoms with van der Waals surface area (Å²) in [5.74, 6) is -0.850. The molecule has 0 radical (unpaired) electrons. The molecule has 2 rings (SSSR count). The molecule has 0 aromatic carbocycles. The van der Waals surface area contributed by atoms with E-state index in [0.717, 1.165) is 6.92 Å². The number of fused-ring (bicyclic) bond motifs is 1. The molecule has 6 atom stereocenters. The second kappa shape index (κ2) is 10.8. The van der Waals surface area contributed by atoms with Gasteiger partial charge in [0, 0.05) is 12.3 Å². The molecule has 1 heterocycles. The third-order valence-electron chi connectivity index (χ3n) is 6.65. The Morgan fingerprint density at radius 1 is 1.32 bits per heavy atom. The topological polar surface area (TPSA) is 55.8 Å². The number of unbranched alkanes of at least 4 members (excludes halogenated alkanes) is 2. The molecular weight excluding hydrogens is 416 g/mol. The number of halogens is 4. The van der Waals surface area contributed by atoms with Crippen molar-refractivity contribution in [2.75, 3.05) is 7.11 Å². The number of esters is 1. The van der Waals surface area contributed by atoms with Crippen molar-refractivity contribution in [3.05, 3.63) is 24.0 Å². The smallest absolute Gasteiger partial charge is 0.397 e. The average molecular weight is 451 g/mol. The van der Waals surface area contributed by atoms with Crippen LogP contribution in [0, 0.1) is 17.3 Å². The highest BCUT2D eigenvalue weighted by Crippen LogP contribution is 2.48. The maximum Gasteiger partial charge on any atom is 0.397 e. The minimum Gasteiger partial charge on any atom is -0.492 e. The zero-order chi connectivity index (χ0) is 23.2. The molecular formula is C23H34F4O4. The van der Waals surface area contributed by atoms with Crippen molar-refractivity contribution >= 4 is 5.97 Å². The van der Waals surface area contributed by atoms with Gasteiger partial charge in [-0.15, -0.1) is 0 Å². The highest BCUT2D eigenvalue weighted by Gasteiger charge is 2.54. The number of ether oxygens (including phenoxy) is 2. The fourth-order valence-electron chi connectivity index (χ4n) is 4.43. The van der Waals surface area contributed by atoms with Crippen LogP contribution in [-0.2, 0) is 14.3 Å². The molecule has 0 aromatic heterocycles. The molecule has 2 fully saturated rings. The summed E-state index contributed by atoms with van der Waals surface area (Å²) in [5, 5.41) is 10.4. The molecule has 8 heteroatoms. The Labute approximate surface area is 181 Å². The first-order valence-corrected chi connectivity index (χ1v) is 11.1. The molecule has 0 spiro atoms. The first-order valence-electron chi connectivity index (χ1n) is 11.1. The summed E-state index contributed by atoms with van der Waals surface area (Å²) < 4.78 is 66.2. The van der Waals surface area contributed by atoms with E-state index in [0.29, 0.717) is 38.5 Å². The van der Waals surface area contributed by atoms with Crippen molar-refractivity contribution in [2.45, 2.75) is 89.8 Å². The van der Waals surface area contributed by atoms with E-state index in [2.05, 4.69) is 4.74 Å². The van der Waals surface area contributed by atoms with E-state index in [1.165, 1.54) is 13.2 Å². The van der Waals surface area contributed by atoms with Crippen LogP contribution in [0.5, 0.6) is 0 Å². The lowest BCUT2D eigenvalue weighted by Crippen LogP contribution is -2.44. The van der Waals surface area contributed by atoms with E-state index in [-0.39, 0.29) is 36.6 Å². The number of aliphatic hydroxyl groups excluding tert-OH is 1. The number of rotatable bonds is 10. The van der Waals surface area contributed by atoms with Crippen LogP contribution in [0.1, 0.15) is 65.2 Å². The molecule has 1 N–H and O–H groups in total. The first-order chi connectivity index (χ1) is 14.5. The zero-order valence-electron chi connectivity index (χ0n) is 18.5. The maximum absolute atomic E-state index is 15.0. The molecule has 178 valence electrons. The molecule has 2 aliphatic rings. The summed E-state index contributed by atoms with van der Waals surface area (Å²) in [6.45, 7) is 2.85. The highest BCUT2D eigenvalue weighted by molar-refractivity contribution is 5.69. The predicted octanol–water partition coefficient (Wildman–Crippen LogP) is 5.65. The van der Waals surface area contributed by atoms with Crippen LogP contribution in [0.4, 0.5) is 17.6 Å². The molecule has 0 aromatic rings. The Balaban J connectivity index is 2.02. The summed E-state index contributed by atoms with van der Waals surface area (Å²) in [6.07, 6.45) is -0.251. The Kier molecular flexibility index (Phi) is 8.98. The SMILES string of the molecule is CCCCC(C)([C@H](O)/C=C/[C@H]1CC[C@H]2O/C(=C\CCCC(=O)OC)C(F)[C@H]12)C(F)(F)F. The van der Waals surface area contributed by atoms with Gasteiger partial charge in [-0.1, -0.05) is 31.9 Å². The number of alkyl halides is 4. The van der Waals surface area contributed by atoms with Crippen LogP contribution >= 0.6 is 0 Å². The van der Waals surface area contributed by atoms with E-state index in [4.69, 9.17) is 4.74 Å². The van der Waals surface area contributed by atoms with E-state index >= 15 is 0 Å². The van der Waals surface area contributed by atoms with Gasteiger partial charge in [-0.05, 0) is 51.0 Å². The summed E-state index contributed by atoms with van der Waals surface area (Å²) in [7, 11) is 1.31. The van der Waals surface area contributed by atoms with Gasteiger partial charge in [0.2, 0.25) is 0 Å². The fraction of sp³-hybridized carbons (Fsp3) is 0.783. The molecule has 1 saturated carbocycles. The van der Waals surface area contributed by atoms with Gasteiger partial charge in [0.15, 0.2) is 6.17 Å². The normalized spacial score (nSPS) is 30.3. The molecule has 1 saturated heterocycles. The molecule has 0 amide bonds. The van der Waals surface area contributed by atoms with Crippen LogP contribution in [0.25, 0.3) is 0 Å². The second-order valence-electron chi connectivity index (χ2n) is 8.80. The summed E-state index contributed by atoms with van der Waals surface area (Å²) in [4.78, 5) is 11.1. The van der Waals surface area contributed by atoms with Crippen molar-refractivity contribution in [3.8, 4) is 0 Å². The largest absolute Gasteiger partial charge is 0.492 e. The first kappa shape index (κ1) is 25.7. The molecule has 1 aliphatic carbocycles. The average Bonchev–Trinajstić information content (AvgIpc) is 3.26. The Morgan fingerprint density at radius 3 is 2.65 bits per heavy atom. The van der Waals surface area contributed by atoms with Gasteiger partial charge in [-0.3, -0.25) is 4.79 Å². The number of hydrogen-bond donors (Lipinski definition) is 1. The Morgan fingerprint density at radius 2 is 2.03 bits per heavy atom. The van der Waals surface area contributed by atoms with Crippen molar-refractivity contribution in [2.24, 2.45) is 17.3 Å². The molecule has 4 nitrogen and oxygen atoms in total. The summed E-state index contributed by atoms with van der Waals surface area (Å²) in [6, 6.07) is 0. The Bertz CT molecular complexity index is 660. The third-order valence-corrected chi connectivity index (χ3v) is 6.65. The lowest BCUT2D eigenvalue weighted by molar-refractivity contribution is -0.244. The van der Waals surface area contributed by atoms with Crippen LogP contribution in [-0.4, -0.2) is 42.7 Å². The van der Waals surface area contributed by atoms with Gasteiger partial charge < -0.3 is 14.6 Å². The lowest BCUT2D eigenvalue weighted by atomic mass is 9.78. The number of allylic oxidation sites excluding steroid dienone is 3. The van der Waals surface area contributed by atoms with Gasteiger partial charge in [-0.2, -0.15) is 13.2 Å². The van der Waals surface area contributed by atoms with Crippen molar-refractivity contribution in [1.29, 1.82) is 0 Å². The van der Waals surface area contributed by atoms with Crippen molar-refractivity contribution in [1.82, 2.24) is 0 Å². The van der Waals surface area contributed by atoms with E-state index in [1.54, 1.807) is 19.1 Å². The van der Waals surface area contributed by atoms with Crippen LogP contribution < -0.4 is 0 Å². The summed E-state index contributed by atoms with van der Waals surface area (Å²) in [5.41, 5.74) is -2.23. The molecule has 2 unspecified atom stereocenters. The quantitative estimate of drug-likeness (QED) is 0.202. The van der Waals surface area contributed by atoms with Crippen molar-refractivity contribution < 1.29 is 36.9 Å². The van der Waals surface area contributed by atoms with E-state index in [9.17, 15) is 27.5 Å². The predicted molar refractivity (Wildman–Crippen MR) is 109 cm³/mol. The van der Waals surface area contributed by atoms with Gasteiger partial charge >= 0.3 is 12.1 Å². The minimum atomic E-state index is -4.54. The number of carbonyl (C=O) groups excluding carboxylic acids is 1. The van der Waals surface area contributed by atoms with Crippen molar-refractivity contribution in [3.63, 3.8) is 0 Å².